The van der Waals surface area contributed by atoms with Gasteiger partial charge in [-0.1, -0.05) is 0 Å². The zero-order valence-corrected chi connectivity index (χ0v) is 10.2. The minimum absolute atomic E-state index is 0.0318. The van der Waals surface area contributed by atoms with Crippen LogP contribution in [-0.2, 0) is 19.1 Å². The van der Waals surface area contributed by atoms with E-state index in [-0.39, 0.29) is 6.42 Å². The van der Waals surface area contributed by atoms with Crippen LogP contribution in [0.1, 0.15) is 25.7 Å². The Bertz CT molecular complexity index is 328. The summed E-state index contributed by atoms with van der Waals surface area (Å²) < 4.78 is 5.26. The van der Waals surface area contributed by atoms with E-state index < -0.39 is 36.5 Å². The van der Waals surface area contributed by atoms with Crippen LogP contribution in [0.15, 0.2) is 0 Å². The smallest absolute Gasteiger partial charge is 0.323 e. The fourth-order valence-electron chi connectivity index (χ4n) is 1.97. The zero-order chi connectivity index (χ0) is 13.8. The Morgan fingerprint density at radius 3 is 1.94 bits per heavy atom. The summed E-state index contributed by atoms with van der Waals surface area (Å²) >= 11 is 0. The number of rotatable bonds is 7. The third kappa shape index (κ3) is 3.69. The van der Waals surface area contributed by atoms with Crippen molar-refractivity contribution >= 4 is 17.8 Å². The Labute approximate surface area is 104 Å². The topological polar surface area (TPSA) is 104 Å². The molecule has 0 aromatic heterocycles. The van der Waals surface area contributed by atoms with Gasteiger partial charge in [-0.25, -0.2) is 0 Å². The van der Waals surface area contributed by atoms with Gasteiger partial charge in [-0.3, -0.25) is 14.4 Å². The molecule has 0 radical (unpaired) electrons. The second-order valence-electron chi connectivity index (χ2n) is 4.45. The molecule has 0 unspecified atom stereocenters. The molecule has 1 rings (SSSR count). The molecule has 1 saturated carbocycles. The lowest BCUT2D eigenvalue weighted by molar-refractivity contribution is -0.155. The molecule has 0 heterocycles. The van der Waals surface area contributed by atoms with Crippen LogP contribution in [0.2, 0.25) is 0 Å². The van der Waals surface area contributed by atoms with E-state index >= 15 is 0 Å². The van der Waals surface area contributed by atoms with Gasteiger partial charge < -0.3 is 19.8 Å². The molecule has 0 aromatic rings. The molecule has 2 N–H and O–H groups in total. The number of amides is 1. The highest BCUT2D eigenvalue weighted by Gasteiger charge is 2.40. The van der Waals surface area contributed by atoms with Crippen LogP contribution >= 0.6 is 0 Å². The standard InChI is InChI=1S/C11H17NO6/c1-18-11(3-2-4-11)5-8(13)12(6-9(14)15)7-10(16)17/h2-7H2,1H3,(H,14,15)(H,16,17). The van der Waals surface area contributed by atoms with Gasteiger partial charge in [-0.05, 0) is 19.3 Å². The SMILES string of the molecule is COC1(CC(=O)N(CC(=O)O)CC(=O)O)CCC1. The molecule has 0 spiro atoms. The van der Waals surface area contributed by atoms with Crippen LogP contribution in [0.25, 0.3) is 0 Å². The van der Waals surface area contributed by atoms with Gasteiger partial charge >= 0.3 is 11.9 Å². The Kier molecular flexibility index (Phi) is 4.66. The predicted octanol–water partition coefficient (Wildman–Crippen LogP) is -0.0566. The van der Waals surface area contributed by atoms with Crippen molar-refractivity contribution in [2.24, 2.45) is 0 Å². The number of hydrogen-bond acceptors (Lipinski definition) is 4. The summed E-state index contributed by atoms with van der Waals surface area (Å²) in [4.78, 5) is 33.9. The molecule has 0 bridgehead atoms. The van der Waals surface area contributed by atoms with E-state index in [1.54, 1.807) is 0 Å². The van der Waals surface area contributed by atoms with Crippen LogP contribution in [0.4, 0.5) is 0 Å². The number of carboxylic acids is 2. The van der Waals surface area contributed by atoms with Crippen molar-refractivity contribution in [3.8, 4) is 0 Å². The highest BCUT2D eigenvalue weighted by molar-refractivity contribution is 5.85. The van der Waals surface area contributed by atoms with Gasteiger partial charge in [0.25, 0.3) is 0 Å². The van der Waals surface area contributed by atoms with E-state index in [4.69, 9.17) is 14.9 Å². The molecule has 1 fully saturated rings. The van der Waals surface area contributed by atoms with E-state index in [1.165, 1.54) is 7.11 Å². The van der Waals surface area contributed by atoms with Crippen molar-refractivity contribution in [2.45, 2.75) is 31.3 Å². The number of ether oxygens (including phenoxy) is 1. The molecule has 1 aliphatic rings. The maximum atomic E-state index is 11.9. The third-order valence-corrected chi connectivity index (χ3v) is 3.18. The minimum Gasteiger partial charge on any atom is -0.480 e. The van der Waals surface area contributed by atoms with Crippen molar-refractivity contribution in [3.05, 3.63) is 0 Å². The maximum Gasteiger partial charge on any atom is 0.323 e. The molecule has 102 valence electrons. The van der Waals surface area contributed by atoms with Crippen LogP contribution < -0.4 is 0 Å². The molecule has 7 nitrogen and oxygen atoms in total. The number of hydrogen-bond donors (Lipinski definition) is 2. The van der Waals surface area contributed by atoms with Gasteiger partial charge in [0.15, 0.2) is 0 Å². The van der Waals surface area contributed by atoms with Gasteiger partial charge in [-0.15, -0.1) is 0 Å². The van der Waals surface area contributed by atoms with E-state index in [2.05, 4.69) is 0 Å². The van der Waals surface area contributed by atoms with Gasteiger partial charge in [0.2, 0.25) is 5.91 Å². The minimum atomic E-state index is -1.23. The van der Waals surface area contributed by atoms with Gasteiger partial charge in [0.05, 0.1) is 12.0 Å². The van der Waals surface area contributed by atoms with E-state index in [9.17, 15) is 14.4 Å². The predicted molar refractivity (Wildman–Crippen MR) is 60.1 cm³/mol. The van der Waals surface area contributed by atoms with Crippen molar-refractivity contribution < 1.29 is 29.3 Å². The largest absolute Gasteiger partial charge is 0.480 e. The molecular formula is C11H17NO6. The lowest BCUT2D eigenvalue weighted by atomic mass is 9.77. The molecule has 0 aliphatic heterocycles. The van der Waals surface area contributed by atoms with E-state index in [1.807, 2.05) is 0 Å². The van der Waals surface area contributed by atoms with Crippen molar-refractivity contribution in [1.82, 2.24) is 4.90 Å². The molecule has 1 aliphatic carbocycles. The summed E-state index contributed by atoms with van der Waals surface area (Å²) in [6, 6.07) is 0. The average molecular weight is 259 g/mol. The van der Waals surface area contributed by atoms with Gasteiger partial charge in [0, 0.05) is 7.11 Å². The molecule has 0 atom stereocenters. The monoisotopic (exact) mass is 259 g/mol. The summed E-state index contributed by atoms with van der Waals surface area (Å²) in [5.74, 6) is -2.96. The zero-order valence-electron chi connectivity index (χ0n) is 10.2. The summed E-state index contributed by atoms with van der Waals surface area (Å²) in [6.45, 7) is -1.21. The van der Waals surface area contributed by atoms with Crippen molar-refractivity contribution in [3.63, 3.8) is 0 Å². The fraction of sp³-hybridized carbons (Fsp3) is 0.727. The highest BCUT2D eigenvalue weighted by Crippen LogP contribution is 2.38. The first-order valence-electron chi connectivity index (χ1n) is 5.65. The maximum absolute atomic E-state index is 11.9. The molecule has 0 aromatic carbocycles. The molecular weight excluding hydrogens is 242 g/mol. The summed E-state index contributed by atoms with van der Waals surface area (Å²) in [7, 11) is 1.51. The number of nitrogens with zero attached hydrogens (tertiary/aromatic N) is 1. The van der Waals surface area contributed by atoms with E-state index in [0.717, 1.165) is 24.2 Å². The molecule has 18 heavy (non-hydrogen) atoms. The second kappa shape index (κ2) is 5.81. The number of carbonyl (C=O) groups excluding carboxylic acids is 1. The Balaban J connectivity index is 2.63. The third-order valence-electron chi connectivity index (χ3n) is 3.18. The summed E-state index contributed by atoms with van der Waals surface area (Å²) in [5.41, 5.74) is -0.535. The molecule has 1 amide bonds. The van der Waals surface area contributed by atoms with E-state index in [0.29, 0.717) is 0 Å². The highest BCUT2D eigenvalue weighted by atomic mass is 16.5. The Morgan fingerprint density at radius 2 is 1.67 bits per heavy atom. The summed E-state index contributed by atoms with van der Waals surface area (Å²) in [5, 5.41) is 17.3. The fourth-order valence-corrected chi connectivity index (χ4v) is 1.97. The number of aliphatic carboxylic acids is 2. The van der Waals surface area contributed by atoms with Crippen LogP contribution in [0.5, 0.6) is 0 Å². The molecule has 7 heteroatoms. The quantitative estimate of drug-likeness (QED) is 0.664. The van der Waals surface area contributed by atoms with Gasteiger partial charge in [0.1, 0.15) is 13.1 Å². The number of methoxy groups -OCH3 is 1. The van der Waals surface area contributed by atoms with Crippen molar-refractivity contribution in [1.29, 1.82) is 0 Å². The second-order valence-corrected chi connectivity index (χ2v) is 4.45. The van der Waals surface area contributed by atoms with Crippen LogP contribution in [-0.4, -0.2) is 58.8 Å². The average Bonchev–Trinajstić information content (AvgIpc) is 2.20. The number of carboxylic acid groups (broad SMARTS) is 2. The normalized spacial score (nSPS) is 16.7. The lowest BCUT2D eigenvalue weighted by Crippen LogP contribution is -2.47. The molecule has 0 saturated heterocycles. The number of carbonyl (C=O) groups is 3. The first kappa shape index (κ1) is 14.4. The van der Waals surface area contributed by atoms with Gasteiger partial charge in [-0.2, -0.15) is 0 Å². The first-order valence-corrected chi connectivity index (χ1v) is 5.65. The summed E-state index contributed by atoms with van der Waals surface area (Å²) in [6.07, 6.45) is 2.47. The Morgan fingerprint density at radius 1 is 1.17 bits per heavy atom. The first-order chi connectivity index (χ1) is 8.38. The lowest BCUT2D eigenvalue weighted by Gasteiger charge is -2.40. The Hall–Kier alpha value is -1.63. The van der Waals surface area contributed by atoms with Crippen LogP contribution in [0, 0.1) is 0 Å². The van der Waals surface area contributed by atoms with Crippen LogP contribution in [0.3, 0.4) is 0 Å². The van der Waals surface area contributed by atoms with Crippen molar-refractivity contribution in [2.75, 3.05) is 20.2 Å².